The highest BCUT2D eigenvalue weighted by Crippen LogP contribution is 2.16. The van der Waals surface area contributed by atoms with E-state index >= 15 is 0 Å². The molecule has 0 saturated heterocycles. The molecule has 2 N–H and O–H groups in total. The number of para-hydroxylation sites is 1. The van der Waals surface area contributed by atoms with Crippen molar-refractivity contribution in [1.82, 2.24) is 10.6 Å². The smallest absolute Gasteiger partial charge is 0.191 e. The van der Waals surface area contributed by atoms with Gasteiger partial charge in [-0.1, -0.05) is 42.5 Å². The molecule has 30 heavy (non-hydrogen) atoms. The SMILES string of the molecule is CCNC(=NCc1cccc(COCCOCC)c1)NCc1ccccc1OC.I. The van der Waals surface area contributed by atoms with Gasteiger partial charge in [0, 0.05) is 25.3 Å². The molecule has 0 spiro atoms. The van der Waals surface area contributed by atoms with Crippen molar-refractivity contribution in [2.75, 3.05) is 33.5 Å². The van der Waals surface area contributed by atoms with Crippen LogP contribution in [0.2, 0.25) is 0 Å². The Morgan fingerprint density at radius 3 is 2.47 bits per heavy atom. The molecule has 0 aromatic heterocycles. The summed E-state index contributed by atoms with van der Waals surface area (Å²) in [5.41, 5.74) is 3.37. The minimum Gasteiger partial charge on any atom is -0.496 e. The second kappa shape index (κ2) is 15.9. The van der Waals surface area contributed by atoms with Crippen molar-refractivity contribution < 1.29 is 14.2 Å². The third-order valence-electron chi connectivity index (χ3n) is 4.24. The number of halogens is 1. The van der Waals surface area contributed by atoms with Gasteiger partial charge in [-0.25, -0.2) is 4.99 Å². The maximum Gasteiger partial charge on any atom is 0.191 e. The van der Waals surface area contributed by atoms with Gasteiger partial charge in [0.2, 0.25) is 0 Å². The van der Waals surface area contributed by atoms with E-state index in [-0.39, 0.29) is 24.0 Å². The van der Waals surface area contributed by atoms with Gasteiger partial charge in [-0.3, -0.25) is 0 Å². The fraction of sp³-hybridized carbons (Fsp3) is 0.435. The van der Waals surface area contributed by atoms with Crippen molar-refractivity contribution in [3.8, 4) is 5.75 Å². The van der Waals surface area contributed by atoms with Crippen LogP contribution in [0.25, 0.3) is 0 Å². The largest absolute Gasteiger partial charge is 0.496 e. The first-order valence-corrected chi connectivity index (χ1v) is 10.1. The zero-order chi connectivity index (χ0) is 20.7. The van der Waals surface area contributed by atoms with E-state index in [1.54, 1.807) is 7.11 Å². The van der Waals surface area contributed by atoms with E-state index in [0.717, 1.165) is 41.6 Å². The van der Waals surface area contributed by atoms with Gasteiger partial charge in [-0.05, 0) is 31.0 Å². The highest BCUT2D eigenvalue weighted by atomic mass is 127. The molecule has 0 aliphatic carbocycles. The summed E-state index contributed by atoms with van der Waals surface area (Å²) in [4.78, 5) is 4.71. The van der Waals surface area contributed by atoms with E-state index in [2.05, 4.69) is 35.8 Å². The van der Waals surface area contributed by atoms with Crippen molar-refractivity contribution in [3.63, 3.8) is 0 Å². The zero-order valence-corrected chi connectivity index (χ0v) is 20.5. The average molecular weight is 527 g/mol. The first kappa shape index (κ1) is 26.2. The van der Waals surface area contributed by atoms with E-state index in [1.807, 2.05) is 37.3 Å². The van der Waals surface area contributed by atoms with Crippen molar-refractivity contribution in [2.24, 2.45) is 4.99 Å². The van der Waals surface area contributed by atoms with Crippen molar-refractivity contribution in [1.29, 1.82) is 0 Å². The monoisotopic (exact) mass is 527 g/mol. The van der Waals surface area contributed by atoms with E-state index in [9.17, 15) is 0 Å². The van der Waals surface area contributed by atoms with Gasteiger partial charge < -0.3 is 24.8 Å². The number of nitrogens with one attached hydrogen (secondary N) is 2. The van der Waals surface area contributed by atoms with Crippen LogP contribution in [0.15, 0.2) is 53.5 Å². The summed E-state index contributed by atoms with van der Waals surface area (Å²) in [6.07, 6.45) is 0. The van der Waals surface area contributed by atoms with Crippen LogP contribution in [0.5, 0.6) is 5.75 Å². The molecule has 7 heteroatoms. The Hall–Kier alpha value is -1.84. The lowest BCUT2D eigenvalue weighted by molar-refractivity contribution is 0.0453. The fourth-order valence-electron chi connectivity index (χ4n) is 2.81. The molecule has 2 aromatic carbocycles. The van der Waals surface area contributed by atoms with Gasteiger partial charge in [-0.15, -0.1) is 24.0 Å². The number of methoxy groups -OCH3 is 1. The lowest BCUT2D eigenvalue weighted by Gasteiger charge is -2.13. The van der Waals surface area contributed by atoms with Crippen LogP contribution in [0, 0.1) is 0 Å². The lowest BCUT2D eigenvalue weighted by atomic mass is 10.1. The Balaban J connectivity index is 0.00000450. The number of benzene rings is 2. The quantitative estimate of drug-likeness (QED) is 0.188. The van der Waals surface area contributed by atoms with Gasteiger partial charge in [0.15, 0.2) is 5.96 Å². The normalized spacial score (nSPS) is 11.0. The molecule has 0 aliphatic heterocycles. The number of nitrogens with zero attached hydrogens (tertiary/aromatic N) is 1. The van der Waals surface area contributed by atoms with Crippen LogP contribution in [-0.4, -0.2) is 39.4 Å². The maximum atomic E-state index is 5.65. The fourth-order valence-corrected chi connectivity index (χ4v) is 2.81. The van der Waals surface area contributed by atoms with Crippen LogP contribution in [0.4, 0.5) is 0 Å². The molecule has 0 heterocycles. The molecule has 0 saturated carbocycles. The summed E-state index contributed by atoms with van der Waals surface area (Å²) in [5, 5.41) is 6.66. The molecule has 0 atom stereocenters. The number of aliphatic imine (C=N–C) groups is 1. The van der Waals surface area contributed by atoms with Gasteiger partial charge >= 0.3 is 0 Å². The van der Waals surface area contributed by atoms with E-state index in [1.165, 1.54) is 0 Å². The Morgan fingerprint density at radius 1 is 0.933 bits per heavy atom. The topological polar surface area (TPSA) is 64.1 Å². The standard InChI is InChI=1S/C23H33N3O3.HI/c1-4-24-23(26-17-21-11-6-7-12-22(21)27-3)25-16-19-9-8-10-20(15-19)18-29-14-13-28-5-2;/h6-12,15H,4-5,13-14,16-18H2,1-3H3,(H2,24,25,26);1H. The maximum absolute atomic E-state index is 5.65. The second-order valence-electron chi connectivity index (χ2n) is 6.43. The third kappa shape index (κ3) is 9.77. The zero-order valence-electron chi connectivity index (χ0n) is 18.1. The van der Waals surface area contributed by atoms with Crippen molar-refractivity contribution >= 4 is 29.9 Å². The Kier molecular flexibility index (Phi) is 13.9. The molecule has 166 valence electrons. The van der Waals surface area contributed by atoms with Crippen LogP contribution in [0.3, 0.4) is 0 Å². The molecule has 2 rings (SSSR count). The summed E-state index contributed by atoms with van der Waals surface area (Å²) < 4.78 is 16.4. The molecule has 0 amide bonds. The number of hydrogen-bond donors (Lipinski definition) is 2. The molecular weight excluding hydrogens is 493 g/mol. The minimum atomic E-state index is 0. The molecule has 0 bridgehead atoms. The predicted molar refractivity (Wildman–Crippen MR) is 133 cm³/mol. The molecule has 0 aliphatic rings. The minimum absolute atomic E-state index is 0. The molecule has 6 nitrogen and oxygen atoms in total. The molecule has 2 aromatic rings. The predicted octanol–water partition coefficient (Wildman–Crippen LogP) is 4.12. The Bertz CT molecular complexity index is 756. The van der Waals surface area contributed by atoms with E-state index in [4.69, 9.17) is 19.2 Å². The first-order chi connectivity index (χ1) is 14.3. The number of hydrogen-bond acceptors (Lipinski definition) is 4. The second-order valence-corrected chi connectivity index (χ2v) is 6.43. The van der Waals surface area contributed by atoms with Crippen LogP contribution < -0.4 is 15.4 Å². The number of ether oxygens (including phenoxy) is 3. The highest BCUT2D eigenvalue weighted by Gasteiger charge is 2.04. The van der Waals surface area contributed by atoms with Crippen LogP contribution in [-0.2, 0) is 29.2 Å². The summed E-state index contributed by atoms with van der Waals surface area (Å²) in [6, 6.07) is 16.3. The first-order valence-electron chi connectivity index (χ1n) is 10.1. The van der Waals surface area contributed by atoms with Gasteiger partial charge in [0.05, 0.1) is 33.5 Å². The van der Waals surface area contributed by atoms with Crippen LogP contribution in [0.1, 0.15) is 30.5 Å². The molecule has 0 unspecified atom stereocenters. The Labute approximate surface area is 197 Å². The van der Waals surface area contributed by atoms with Gasteiger partial charge in [0.1, 0.15) is 5.75 Å². The average Bonchev–Trinajstić information content (AvgIpc) is 2.76. The number of rotatable bonds is 12. The molecular formula is C23H34IN3O3. The van der Waals surface area contributed by atoms with Gasteiger partial charge in [0.25, 0.3) is 0 Å². The van der Waals surface area contributed by atoms with Crippen LogP contribution >= 0.6 is 24.0 Å². The van der Waals surface area contributed by atoms with Gasteiger partial charge in [-0.2, -0.15) is 0 Å². The van der Waals surface area contributed by atoms with Crippen molar-refractivity contribution in [3.05, 3.63) is 65.2 Å². The van der Waals surface area contributed by atoms with E-state index < -0.39 is 0 Å². The number of guanidine groups is 1. The summed E-state index contributed by atoms with van der Waals surface area (Å²) in [6.45, 7) is 8.60. The van der Waals surface area contributed by atoms with E-state index in [0.29, 0.717) is 32.9 Å². The molecule has 0 radical (unpaired) electrons. The Morgan fingerprint density at radius 2 is 1.70 bits per heavy atom. The summed E-state index contributed by atoms with van der Waals surface area (Å²) in [7, 11) is 1.69. The summed E-state index contributed by atoms with van der Waals surface area (Å²) >= 11 is 0. The molecule has 0 fully saturated rings. The lowest BCUT2D eigenvalue weighted by Crippen LogP contribution is -2.36. The third-order valence-corrected chi connectivity index (χ3v) is 4.24. The highest BCUT2D eigenvalue weighted by molar-refractivity contribution is 14.0. The van der Waals surface area contributed by atoms with Crippen molar-refractivity contribution in [2.45, 2.75) is 33.5 Å². The summed E-state index contributed by atoms with van der Waals surface area (Å²) in [5.74, 6) is 1.64.